The van der Waals surface area contributed by atoms with E-state index in [0.29, 0.717) is 0 Å². The molecule has 0 aromatic heterocycles. The lowest BCUT2D eigenvalue weighted by Crippen LogP contribution is -2.41. The summed E-state index contributed by atoms with van der Waals surface area (Å²) in [5, 5.41) is 12.3. The van der Waals surface area contributed by atoms with E-state index in [1.807, 2.05) is 13.8 Å². The van der Waals surface area contributed by atoms with Gasteiger partial charge < -0.3 is 5.11 Å². The average Bonchev–Trinajstić information content (AvgIpc) is 1.99. The molecule has 0 rings (SSSR count). The van der Waals surface area contributed by atoms with Gasteiger partial charge in [-0.3, -0.25) is 5.32 Å². The highest BCUT2D eigenvalue weighted by atomic mass is 16.3. The summed E-state index contributed by atoms with van der Waals surface area (Å²) in [6.45, 7) is 5.69. The summed E-state index contributed by atoms with van der Waals surface area (Å²) in [4.78, 5) is 0. The first kappa shape index (κ1) is 10.5. The lowest BCUT2D eigenvalue weighted by molar-refractivity contribution is 0.149. The van der Waals surface area contributed by atoms with Crippen LogP contribution in [0.3, 0.4) is 0 Å². The van der Waals surface area contributed by atoms with Crippen molar-refractivity contribution >= 4 is 0 Å². The number of aliphatic hydroxyl groups is 1. The normalized spacial score (nSPS) is 18.5. The van der Waals surface area contributed by atoms with E-state index in [4.69, 9.17) is 11.5 Å². The zero-order valence-corrected chi connectivity index (χ0v) is 7.46. The third-order valence-corrected chi connectivity index (χ3v) is 1.80. The molecular weight excluding hydrogens is 138 g/mol. The molecule has 11 heavy (non-hydrogen) atoms. The smallest absolute Gasteiger partial charge is 0.0687 e. The van der Waals surface area contributed by atoms with Crippen molar-refractivity contribution in [2.45, 2.75) is 45.4 Å². The molecule has 0 aromatic rings. The number of rotatable bonds is 4. The summed E-state index contributed by atoms with van der Waals surface area (Å²) < 4.78 is 0. The van der Waals surface area contributed by atoms with E-state index < -0.39 is 0 Å². The Bertz CT molecular complexity index is 137. The molecule has 2 heteroatoms. The molecule has 0 aliphatic heterocycles. The van der Waals surface area contributed by atoms with Gasteiger partial charge in [-0.2, -0.15) is 0 Å². The second kappa shape index (κ2) is 5.17. The summed E-state index contributed by atoms with van der Waals surface area (Å²) in [7, 11) is 0. The van der Waals surface area contributed by atoms with E-state index in [2.05, 4.69) is 11.2 Å². The summed E-state index contributed by atoms with van der Waals surface area (Å²) >= 11 is 0. The quantitative estimate of drug-likeness (QED) is 0.587. The maximum Gasteiger partial charge on any atom is 0.0687 e. The number of nitrogens with one attached hydrogen (secondary N) is 1. The summed E-state index contributed by atoms with van der Waals surface area (Å²) in [6, 6.07) is 0.149. The van der Waals surface area contributed by atoms with Crippen LogP contribution < -0.4 is 5.32 Å². The van der Waals surface area contributed by atoms with Crippen molar-refractivity contribution in [1.29, 1.82) is 0 Å². The van der Waals surface area contributed by atoms with Crippen molar-refractivity contribution in [1.82, 2.24) is 5.32 Å². The van der Waals surface area contributed by atoms with Gasteiger partial charge in [0.1, 0.15) is 0 Å². The maximum atomic E-state index is 9.13. The van der Waals surface area contributed by atoms with Gasteiger partial charge in [-0.15, -0.1) is 6.42 Å². The first-order valence-electron chi connectivity index (χ1n) is 4.02. The molecule has 0 spiro atoms. The molecule has 64 valence electrons. The Balaban J connectivity index is 3.74. The van der Waals surface area contributed by atoms with E-state index in [1.165, 1.54) is 0 Å². The molecule has 2 nitrogen and oxygen atoms in total. The number of hydrogen-bond acceptors (Lipinski definition) is 2. The summed E-state index contributed by atoms with van der Waals surface area (Å²) in [5.74, 6) is 2.62. The molecule has 3 atom stereocenters. The van der Waals surface area contributed by atoms with Crippen LogP contribution >= 0.6 is 0 Å². The van der Waals surface area contributed by atoms with Crippen molar-refractivity contribution in [2.24, 2.45) is 0 Å². The van der Waals surface area contributed by atoms with Gasteiger partial charge in [-0.05, 0) is 20.3 Å². The fourth-order valence-corrected chi connectivity index (χ4v) is 0.740. The molecule has 2 N–H and O–H groups in total. The minimum atomic E-state index is -0.350. The van der Waals surface area contributed by atoms with Crippen LogP contribution in [0.5, 0.6) is 0 Å². The van der Waals surface area contributed by atoms with Gasteiger partial charge in [-0.25, -0.2) is 0 Å². The van der Waals surface area contributed by atoms with Crippen LogP contribution in [-0.4, -0.2) is 23.3 Å². The van der Waals surface area contributed by atoms with Crippen LogP contribution in [0.1, 0.15) is 27.2 Å². The Labute approximate surface area is 69.0 Å². The van der Waals surface area contributed by atoms with Crippen LogP contribution in [0.15, 0.2) is 0 Å². The molecule has 0 heterocycles. The van der Waals surface area contributed by atoms with E-state index >= 15 is 0 Å². The van der Waals surface area contributed by atoms with Crippen molar-refractivity contribution in [3.8, 4) is 12.3 Å². The van der Waals surface area contributed by atoms with Crippen LogP contribution in [0.4, 0.5) is 0 Å². The predicted octanol–water partition coefficient (Wildman–Crippen LogP) is 0.757. The number of terminal acetylenes is 1. The Kier molecular flexibility index (Phi) is 4.93. The molecule has 0 aromatic carbocycles. The first-order valence-corrected chi connectivity index (χ1v) is 4.02. The standard InChI is InChI=1S/C9H17NO/c1-5-9(6-2)10-7(3)8(4)11/h1,7-11H,6H2,2-4H3. The van der Waals surface area contributed by atoms with E-state index in [1.54, 1.807) is 6.92 Å². The number of aliphatic hydroxyl groups excluding tert-OH is 1. The van der Waals surface area contributed by atoms with Gasteiger partial charge >= 0.3 is 0 Å². The van der Waals surface area contributed by atoms with E-state index in [-0.39, 0.29) is 18.2 Å². The Morgan fingerprint density at radius 2 is 2.09 bits per heavy atom. The third-order valence-electron chi connectivity index (χ3n) is 1.80. The topological polar surface area (TPSA) is 32.3 Å². The minimum Gasteiger partial charge on any atom is -0.392 e. The maximum absolute atomic E-state index is 9.13. The van der Waals surface area contributed by atoms with Gasteiger partial charge in [0.05, 0.1) is 12.1 Å². The van der Waals surface area contributed by atoms with Crippen LogP contribution in [0.25, 0.3) is 0 Å². The first-order chi connectivity index (χ1) is 5.11. The van der Waals surface area contributed by atoms with Gasteiger partial charge in [0.2, 0.25) is 0 Å². The lowest BCUT2D eigenvalue weighted by atomic mass is 10.1. The van der Waals surface area contributed by atoms with Gasteiger partial charge in [0, 0.05) is 6.04 Å². The minimum absolute atomic E-state index is 0.0657. The Hall–Kier alpha value is -0.520. The lowest BCUT2D eigenvalue weighted by Gasteiger charge is -2.20. The van der Waals surface area contributed by atoms with Crippen molar-refractivity contribution in [3.63, 3.8) is 0 Å². The molecule has 0 amide bonds. The van der Waals surface area contributed by atoms with Gasteiger partial charge in [-0.1, -0.05) is 12.8 Å². The molecule has 0 fully saturated rings. The predicted molar refractivity (Wildman–Crippen MR) is 47.2 cm³/mol. The summed E-state index contributed by atoms with van der Waals surface area (Å²) in [6.07, 6.45) is 5.78. The van der Waals surface area contributed by atoms with Crippen molar-refractivity contribution in [2.75, 3.05) is 0 Å². The molecule has 0 radical (unpaired) electrons. The van der Waals surface area contributed by atoms with Gasteiger partial charge in [0.15, 0.2) is 0 Å². The molecule has 0 saturated heterocycles. The second-order valence-electron chi connectivity index (χ2n) is 2.82. The highest BCUT2D eigenvalue weighted by Crippen LogP contribution is 1.95. The fraction of sp³-hybridized carbons (Fsp3) is 0.778. The SMILES string of the molecule is C#CC(CC)NC(C)C(C)O. The highest BCUT2D eigenvalue weighted by Gasteiger charge is 2.11. The monoisotopic (exact) mass is 155 g/mol. The zero-order valence-electron chi connectivity index (χ0n) is 7.46. The molecule has 0 bridgehead atoms. The molecule has 0 aliphatic rings. The van der Waals surface area contributed by atoms with E-state index in [0.717, 1.165) is 6.42 Å². The third kappa shape index (κ3) is 4.02. The molecule has 0 aliphatic carbocycles. The van der Waals surface area contributed by atoms with E-state index in [9.17, 15) is 0 Å². The second-order valence-corrected chi connectivity index (χ2v) is 2.82. The Morgan fingerprint density at radius 3 is 2.36 bits per heavy atom. The van der Waals surface area contributed by atoms with Crippen LogP contribution in [0, 0.1) is 12.3 Å². The summed E-state index contributed by atoms with van der Waals surface area (Å²) in [5.41, 5.74) is 0. The highest BCUT2D eigenvalue weighted by molar-refractivity contribution is 4.99. The Morgan fingerprint density at radius 1 is 1.55 bits per heavy atom. The van der Waals surface area contributed by atoms with Crippen LogP contribution in [-0.2, 0) is 0 Å². The fourth-order valence-electron chi connectivity index (χ4n) is 0.740. The average molecular weight is 155 g/mol. The molecule has 3 unspecified atom stereocenters. The number of hydrogen-bond donors (Lipinski definition) is 2. The molecular formula is C9H17NO. The van der Waals surface area contributed by atoms with Crippen LogP contribution in [0.2, 0.25) is 0 Å². The van der Waals surface area contributed by atoms with Crippen molar-refractivity contribution in [3.05, 3.63) is 0 Å². The largest absolute Gasteiger partial charge is 0.392 e. The van der Waals surface area contributed by atoms with Crippen molar-refractivity contribution < 1.29 is 5.11 Å². The van der Waals surface area contributed by atoms with Gasteiger partial charge in [0.25, 0.3) is 0 Å². The zero-order chi connectivity index (χ0) is 8.85. The molecule has 0 saturated carbocycles.